The van der Waals surface area contributed by atoms with Crippen molar-refractivity contribution in [2.24, 2.45) is 0 Å². The highest BCUT2D eigenvalue weighted by atomic mass is 32.2. The smallest absolute Gasteiger partial charge is 0.243 e. The van der Waals surface area contributed by atoms with Crippen LogP contribution in [0.15, 0.2) is 77.7 Å². The number of carbonyl (C=O) groups excluding carboxylic acids is 2. The summed E-state index contributed by atoms with van der Waals surface area (Å²) in [6.45, 7) is 3.57. The van der Waals surface area contributed by atoms with E-state index < -0.39 is 10.0 Å². The third-order valence-corrected chi connectivity index (χ3v) is 8.42. The summed E-state index contributed by atoms with van der Waals surface area (Å²) >= 11 is 0. The number of fused-ring (bicyclic) bond motifs is 1. The molecule has 1 amide bonds. The van der Waals surface area contributed by atoms with Gasteiger partial charge in [0.1, 0.15) is 0 Å². The number of aryl methyl sites for hydroxylation is 2. The molecule has 1 unspecified atom stereocenters. The molecule has 182 valence electrons. The second kappa shape index (κ2) is 10.1. The fraction of sp³-hybridized carbons (Fsp3) is 0.286. The molecule has 6 nitrogen and oxygen atoms in total. The summed E-state index contributed by atoms with van der Waals surface area (Å²) in [5.41, 5.74) is 4.93. The molecule has 0 aliphatic heterocycles. The molecule has 1 atom stereocenters. The van der Waals surface area contributed by atoms with Crippen molar-refractivity contribution in [2.75, 3.05) is 13.6 Å². The van der Waals surface area contributed by atoms with Gasteiger partial charge in [-0.1, -0.05) is 66.2 Å². The number of sulfonamides is 1. The fourth-order valence-corrected chi connectivity index (χ4v) is 5.65. The van der Waals surface area contributed by atoms with Crippen molar-refractivity contribution < 1.29 is 18.0 Å². The molecule has 0 fully saturated rings. The Morgan fingerprint density at radius 1 is 0.943 bits per heavy atom. The highest BCUT2D eigenvalue weighted by Crippen LogP contribution is 2.36. The molecule has 0 saturated carbocycles. The third-order valence-electron chi connectivity index (χ3n) is 6.60. The van der Waals surface area contributed by atoms with E-state index in [0.29, 0.717) is 12.1 Å². The van der Waals surface area contributed by atoms with Crippen LogP contribution in [0.1, 0.15) is 52.0 Å². The molecule has 0 radical (unpaired) electrons. The van der Waals surface area contributed by atoms with Crippen LogP contribution < -0.4 is 0 Å². The maximum absolute atomic E-state index is 13.6. The van der Waals surface area contributed by atoms with Crippen molar-refractivity contribution in [2.45, 2.75) is 44.2 Å². The summed E-state index contributed by atoms with van der Waals surface area (Å²) in [5.74, 6) is -0.389. The average Bonchev–Trinajstić information content (AvgIpc) is 3.27. The molecular formula is C28H30N2O4S. The fourth-order valence-electron chi connectivity index (χ4n) is 4.53. The van der Waals surface area contributed by atoms with Gasteiger partial charge in [0.15, 0.2) is 5.78 Å². The van der Waals surface area contributed by atoms with Crippen molar-refractivity contribution in [3.05, 3.63) is 101 Å². The second-order valence-corrected chi connectivity index (χ2v) is 11.1. The van der Waals surface area contributed by atoms with E-state index in [1.54, 1.807) is 4.90 Å². The molecule has 4 rings (SSSR count). The molecule has 0 spiro atoms. The van der Waals surface area contributed by atoms with Crippen molar-refractivity contribution in [3.63, 3.8) is 0 Å². The third kappa shape index (κ3) is 5.36. The Labute approximate surface area is 207 Å². The van der Waals surface area contributed by atoms with Gasteiger partial charge < -0.3 is 4.90 Å². The van der Waals surface area contributed by atoms with Gasteiger partial charge in [0.05, 0.1) is 17.5 Å². The van der Waals surface area contributed by atoms with Crippen LogP contribution in [-0.4, -0.2) is 42.9 Å². The van der Waals surface area contributed by atoms with E-state index in [4.69, 9.17) is 0 Å². The SMILES string of the molecule is CC(=O)c1ccc(S(=O)(=O)N(C)CC(=O)N(Cc2ccc(C)cc2)C2CCc3ccccc32)cc1. The zero-order valence-corrected chi connectivity index (χ0v) is 21.1. The van der Waals surface area contributed by atoms with E-state index in [1.165, 1.54) is 43.8 Å². The van der Waals surface area contributed by atoms with Crippen LogP contribution in [0.2, 0.25) is 0 Å². The predicted molar refractivity (Wildman–Crippen MR) is 135 cm³/mol. The van der Waals surface area contributed by atoms with Crippen LogP contribution in [0.3, 0.4) is 0 Å². The molecule has 0 heterocycles. The van der Waals surface area contributed by atoms with Crippen LogP contribution in [0, 0.1) is 6.92 Å². The van der Waals surface area contributed by atoms with E-state index in [-0.39, 0.29) is 29.2 Å². The lowest BCUT2D eigenvalue weighted by Crippen LogP contribution is -2.42. The first-order chi connectivity index (χ1) is 16.7. The van der Waals surface area contributed by atoms with E-state index in [2.05, 4.69) is 12.1 Å². The Bertz CT molecular complexity index is 1330. The lowest BCUT2D eigenvalue weighted by atomic mass is 10.1. The molecule has 3 aromatic carbocycles. The number of hydrogen-bond donors (Lipinski definition) is 0. The number of amides is 1. The zero-order chi connectivity index (χ0) is 25.2. The minimum absolute atomic E-state index is 0.0501. The van der Waals surface area contributed by atoms with Crippen LogP contribution in [-0.2, 0) is 27.8 Å². The van der Waals surface area contributed by atoms with E-state index >= 15 is 0 Å². The lowest BCUT2D eigenvalue weighted by molar-refractivity contribution is -0.134. The highest BCUT2D eigenvalue weighted by molar-refractivity contribution is 7.89. The maximum Gasteiger partial charge on any atom is 0.243 e. The van der Waals surface area contributed by atoms with Crippen molar-refractivity contribution in [1.29, 1.82) is 0 Å². The Kier molecular flexibility index (Phi) is 7.19. The van der Waals surface area contributed by atoms with Gasteiger partial charge >= 0.3 is 0 Å². The number of Topliss-reactive ketones (excluding diaryl/α,β-unsaturated/α-hetero) is 1. The predicted octanol–water partition coefficient (Wildman–Crippen LogP) is 4.53. The molecule has 1 aliphatic carbocycles. The maximum atomic E-state index is 13.6. The lowest BCUT2D eigenvalue weighted by Gasteiger charge is -2.31. The van der Waals surface area contributed by atoms with Gasteiger partial charge in [-0.15, -0.1) is 0 Å². The molecule has 0 bridgehead atoms. The summed E-state index contributed by atoms with van der Waals surface area (Å²) < 4.78 is 27.4. The molecule has 3 aromatic rings. The van der Waals surface area contributed by atoms with Crippen molar-refractivity contribution in [1.82, 2.24) is 9.21 Å². The van der Waals surface area contributed by atoms with Gasteiger partial charge in [0, 0.05) is 19.2 Å². The topological polar surface area (TPSA) is 74.8 Å². The van der Waals surface area contributed by atoms with E-state index in [9.17, 15) is 18.0 Å². The van der Waals surface area contributed by atoms with Gasteiger partial charge in [-0.25, -0.2) is 8.42 Å². The van der Waals surface area contributed by atoms with Crippen LogP contribution >= 0.6 is 0 Å². The molecule has 7 heteroatoms. The summed E-state index contributed by atoms with van der Waals surface area (Å²) in [4.78, 5) is 27.0. The average molecular weight is 491 g/mol. The van der Waals surface area contributed by atoms with Crippen molar-refractivity contribution >= 4 is 21.7 Å². The second-order valence-electron chi connectivity index (χ2n) is 9.10. The minimum atomic E-state index is -3.90. The van der Waals surface area contributed by atoms with Gasteiger partial charge in [-0.2, -0.15) is 4.31 Å². The highest BCUT2D eigenvalue weighted by Gasteiger charge is 2.33. The molecule has 1 aliphatic rings. The minimum Gasteiger partial charge on any atom is -0.330 e. The van der Waals surface area contributed by atoms with Crippen LogP contribution in [0.5, 0.6) is 0 Å². The Hall–Kier alpha value is -3.29. The summed E-state index contributed by atoms with van der Waals surface area (Å²) in [7, 11) is -2.48. The van der Waals surface area contributed by atoms with Crippen LogP contribution in [0.25, 0.3) is 0 Å². The first-order valence-electron chi connectivity index (χ1n) is 11.7. The number of hydrogen-bond acceptors (Lipinski definition) is 4. The summed E-state index contributed by atoms with van der Waals surface area (Å²) in [5, 5.41) is 0. The zero-order valence-electron chi connectivity index (χ0n) is 20.3. The monoisotopic (exact) mass is 490 g/mol. The Morgan fingerprint density at radius 2 is 1.60 bits per heavy atom. The van der Waals surface area contributed by atoms with Gasteiger partial charge in [0.25, 0.3) is 0 Å². The molecule has 0 saturated heterocycles. The number of ketones is 1. The number of likely N-dealkylation sites (N-methyl/N-ethyl adjacent to an activating group) is 1. The molecular weight excluding hydrogens is 460 g/mol. The number of nitrogens with zero attached hydrogens (tertiary/aromatic N) is 2. The summed E-state index contributed by atoms with van der Waals surface area (Å²) in [6.07, 6.45) is 1.69. The van der Waals surface area contributed by atoms with Gasteiger partial charge in [0.2, 0.25) is 15.9 Å². The van der Waals surface area contributed by atoms with Gasteiger partial charge in [-0.3, -0.25) is 9.59 Å². The van der Waals surface area contributed by atoms with Crippen molar-refractivity contribution in [3.8, 4) is 0 Å². The van der Waals surface area contributed by atoms with E-state index in [0.717, 1.165) is 33.8 Å². The van der Waals surface area contributed by atoms with E-state index in [1.807, 2.05) is 43.3 Å². The standard InChI is InChI=1S/C28H30N2O4S/c1-20-8-10-22(11-9-20)18-30(27-17-14-24-6-4-5-7-26(24)27)28(32)19-29(3)35(33,34)25-15-12-23(13-16-25)21(2)31/h4-13,15-16,27H,14,17-19H2,1-3H3. The Balaban J connectivity index is 1.59. The quantitative estimate of drug-likeness (QED) is 0.435. The largest absolute Gasteiger partial charge is 0.330 e. The first kappa shape index (κ1) is 24.8. The number of benzene rings is 3. The number of rotatable bonds is 8. The Morgan fingerprint density at radius 3 is 2.26 bits per heavy atom. The molecule has 0 aromatic heterocycles. The van der Waals surface area contributed by atoms with Crippen LogP contribution in [0.4, 0.5) is 0 Å². The van der Waals surface area contributed by atoms with Gasteiger partial charge in [-0.05, 0) is 55.5 Å². The first-order valence-corrected chi connectivity index (χ1v) is 13.1. The number of carbonyl (C=O) groups is 2. The normalized spacial score (nSPS) is 15.1. The molecule has 35 heavy (non-hydrogen) atoms. The summed E-state index contributed by atoms with van der Waals surface area (Å²) in [6, 6.07) is 21.9. The molecule has 0 N–H and O–H groups in total.